The molecule has 1 N–H and O–H groups in total. The molecule has 0 aliphatic rings. The Morgan fingerprint density at radius 1 is 1.47 bits per heavy atom. The summed E-state index contributed by atoms with van der Waals surface area (Å²) in [5, 5.41) is 19.5. The Morgan fingerprint density at radius 3 is 2.93 bits per heavy atom. The molecule has 80 valence electrons. The number of rotatable bonds is 4. The van der Waals surface area contributed by atoms with Crippen molar-refractivity contribution in [2.75, 3.05) is 11.9 Å². The Kier molecular flexibility index (Phi) is 3.27. The van der Waals surface area contributed by atoms with Crippen LogP contribution in [0.2, 0.25) is 0 Å². The molecular formula is C7H9BrN6S. The van der Waals surface area contributed by atoms with Gasteiger partial charge in [0.2, 0.25) is 5.13 Å². The van der Waals surface area contributed by atoms with E-state index in [1.807, 2.05) is 11.5 Å². The van der Waals surface area contributed by atoms with E-state index in [9.17, 15) is 0 Å². The van der Waals surface area contributed by atoms with Gasteiger partial charge in [0.05, 0.1) is 0 Å². The minimum Gasteiger partial charge on any atom is -0.358 e. The maximum Gasteiger partial charge on any atom is 0.206 e. The van der Waals surface area contributed by atoms with Gasteiger partial charge in [0.25, 0.3) is 0 Å². The molecule has 15 heavy (non-hydrogen) atoms. The van der Waals surface area contributed by atoms with Crippen LogP contribution in [0.15, 0.2) is 10.2 Å². The van der Waals surface area contributed by atoms with E-state index in [-0.39, 0.29) is 0 Å². The van der Waals surface area contributed by atoms with Crippen molar-refractivity contribution in [3.8, 4) is 0 Å². The smallest absolute Gasteiger partial charge is 0.206 e. The molecule has 6 nitrogen and oxygen atoms in total. The van der Waals surface area contributed by atoms with Crippen LogP contribution in [0.1, 0.15) is 5.82 Å². The molecule has 0 bridgehead atoms. The van der Waals surface area contributed by atoms with Crippen molar-refractivity contribution in [2.45, 2.75) is 13.5 Å². The fourth-order valence-corrected chi connectivity index (χ4v) is 2.13. The average Bonchev–Trinajstić information content (AvgIpc) is 2.77. The Labute approximate surface area is 98.9 Å². The van der Waals surface area contributed by atoms with E-state index >= 15 is 0 Å². The molecule has 2 aromatic rings. The summed E-state index contributed by atoms with van der Waals surface area (Å²) in [6.07, 6.45) is 1.72. The maximum absolute atomic E-state index is 3.93. The highest BCUT2D eigenvalue weighted by Crippen LogP contribution is 2.19. The van der Waals surface area contributed by atoms with Gasteiger partial charge in [-0.25, -0.2) is 0 Å². The van der Waals surface area contributed by atoms with E-state index in [2.05, 4.69) is 41.6 Å². The van der Waals surface area contributed by atoms with Crippen molar-refractivity contribution in [1.29, 1.82) is 0 Å². The molecule has 2 aromatic heterocycles. The molecule has 0 aliphatic heterocycles. The third kappa shape index (κ3) is 2.72. The molecule has 0 atom stereocenters. The van der Waals surface area contributed by atoms with Crippen molar-refractivity contribution < 1.29 is 0 Å². The minimum absolute atomic E-state index is 0.778. The van der Waals surface area contributed by atoms with Gasteiger partial charge >= 0.3 is 0 Å². The minimum atomic E-state index is 0.778. The summed E-state index contributed by atoms with van der Waals surface area (Å²) in [5.74, 6) is 0.912. The van der Waals surface area contributed by atoms with Crippen LogP contribution in [-0.2, 0) is 6.54 Å². The van der Waals surface area contributed by atoms with E-state index in [0.29, 0.717) is 0 Å². The van der Waals surface area contributed by atoms with Crippen LogP contribution in [0.25, 0.3) is 0 Å². The summed E-state index contributed by atoms with van der Waals surface area (Å²) in [4.78, 5) is 0. The van der Waals surface area contributed by atoms with Crippen LogP contribution < -0.4 is 5.32 Å². The van der Waals surface area contributed by atoms with Gasteiger partial charge in [-0.2, -0.15) is 0 Å². The second-order valence-electron chi connectivity index (χ2n) is 2.86. The first-order valence-electron chi connectivity index (χ1n) is 4.33. The second-order valence-corrected chi connectivity index (χ2v) is 5.11. The Balaban J connectivity index is 1.83. The molecule has 0 radical (unpaired) electrons. The van der Waals surface area contributed by atoms with Crippen molar-refractivity contribution in [3.05, 3.63) is 16.1 Å². The van der Waals surface area contributed by atoms with E-state index in [1.54, 1.807) is 6.33 Å². The van der Waals surface area contributed by atoms with Gasteiger partial charge in [0.1, 0.15) is 12.2 Å². The first-order chi connectivity index (χ1) is 7.25. The van der Waals surface area contributed by atoms with Crippen molar-refractivity contribution in [2.24, 2.45) is 0 Å². The fourth-order valence-electron chi connectivity index (χ4n) is 1.09. The number of halogens is 1. The van der Waals surface area contributed by atoms with Crippen molar-refractivity contribution in [1.82, 2.24) is 25.0 Å². The topological polar surface area (TPSA) is 68.5 Å². The summed E-state index contributed by atoms with van der Waals surface area (Å²) >= 11 is 4.73. The lowest BCUT2D eigenvalue weighted by atomic mass is 10.5. The first kappa shape index (κ1) is 10.5. The molecule has 0 unspecified atom stereocenters. The molecule has 2 rings (SSSR count). The average molecular weight is 289 g/mol. The van der Waals surface area contributed by atoms with Crippen LogP contribution in [0.5, 0.6) is 0 Å². The van der Waals surface area contributed by atoms with Crippen molar-refractivity contribution >= 4 is 32.4 Å². The molecule has 0 saturated carbocycles. The van der Waals surface area contributed by atoms with E-state index in [1.165, 1.54) is 11.3 Å². The molecular weight excluding hydrogens is 280 g/mol. The van der Waals surface area contributed by atoms with Crippen LogP contribution in [0.3, 0.4) is 0 Å². The number of aromatic nitrogens is 5. The van der Waals surface area contributed by atoms with E-state index < -0.39 is 0 Å². The largest absolute Gasteiger partial charge is 0.358 e. The third-order valence-electron chi connectivity index (χ3n) is 1.84. The van der Waals surface area contributed by atoms with Crippen LogP contribution in [-0.4, -0.2) is 31.5 Å². The second kappa shape index (κ2) is 4.67. The van der Waals surface area contributed by atoms with Gasteiger partial charge in [0, 0.05) is 13.1 Å². The van der Waals surface area contributed by atoms with Gasteiger partial charge in [-0.05, 0) is 22.9 Å². The molecule has 0 aromatic carbocycles. The molecule has 0 aliphatic carbocycles. The Morgan fingerprint density at radius 2 is 2.33 bits per heavy atom. The number of hydrogen-bond acceptors (Lipinski definition) is 6. The standard InChI is InChI=1S/C7H9BrN6S/c1-5-11-10-4-14(5)3-2-9-7-13-12-6(8)15-7/h4H,2-3H2,1H3,(H,9,13). The maximum atomic E-state index is 3.93. The SMILES string of the molecule is Cc1nncn1CCNc1nnc(Br)s1. The third-order valence-corrected chi connectivity index (χ3v) is 3.15. The zero-order valence-electron chi connectivity index (χ0n) is 8.01. The predicted molar refractivity (Wildman–Crippen MR) is 60.9 cm³/mol. The summed E-state index contributed by atoms with van der Waals surface area (Å²) < 4.78 is 2.76. The van der Waals surface area contributed by atoms with Gasteiger partial charge < -0.3 is 9.88 Å². The number of nitrogens with zero attached hydrogens (tertiary/aromatic N) is 5. The Hall–Kier alpha value is -1.02. The zero-order chi connectivity index (χ0) is 10.7. The lowest BCUT2D eigenvalue weighted by Gasteiger charge is -2.03. The lowest BCUT2D eigenvalue weighted by Crippen LogP contribution is -2.10. The normalized spacial score (nSPS) is 10.5. The fraction of sp³-hybridized carbons (Fsp3) is 0.429. The molecule has 0 spiro atoms. The molecule has 0 fully saturated rings. The number of anilines is 1. The lowest BCUT2D eigenvalue weighted by molar-refractivity contribution is 0.699. The molecule has 8 heteroatoms. The summed E-state index contributed by atoms with van der Waals surface area (Å²) in [7, 11) is 0. The van der Waals surface area contributed by atoms with Crippen LogP contribution in [0, 0.1) is 6.92 Å². The monoisotopic (exact) mass is 288 g/mol. The van der Waals surface area contributed by atoms with Crippen LogP contribution in [0.4, 0.5) is 5.13 Å². The van der Waals surface area contributed by atoms with Gasteiger partial charge in [-0.1, -0.05) is 11.3 Å². The Bertz CT molecular complexity index is 438. The number of nitrogens with one attached hydrogen (secondary N) is 1. The molecule has 2 heterocycles. The number of hydrogen-bond donors (Lipinski definition) is 1. The quantitative estimate of drug-likeness (QED) is 0.919. The number of aryl methyl sites for hydroxylation is 1. The molecule has 0 saturated heterocycles. The van der Waals surface area contributed by atoms with E-state index in [0.717, 1.165) is 28.0 Å². The summed E-state index contributed by atoms with van der Waals surface area (Å²) in [5.41, 5.74) is 0. The highest BCUT2D eigenvalue weighted by molar-refractivity contribution is 9.11. The predicted octanol–water partition coefficient (Wildman–Crippen LogP) is 1.31. The van der Waals surface area contributed by atoms with Gasteiger partial charge in [0.15, 0.2) is 3.92 Å². The zero-order valence-corrected chi connectivity index (χ0v) is 10.4. The molecule has 0 amide bonds. The highest BCUT2D eigenvalue weighted by atomic mass is 79.9. The van der Waals surface area contributed by atoms with Gasteiger partial charge in [-0.3, -0.25) is 0 Å². The first-order valence-corrected chi connectivity index (χ1v) is 5.94. The highest BCUT2D eigenvalue weighted by Gasteiger charge is 2.01. The summed E-state index contributed by atoms with van der Waals surface area (Å²) in [6.45, 7) is 3.52. The summed E-state index contributed by atoms with van der Waals surface area (Å²) in [6, 6.07) is 0. The van der Waals surface area contributed by atoms with Crippen LogP contribution >= 0.6 is 27.3 Å². The van der Waals surface area contributed by atoms with Gasteiger partial charge in [-0.15, -0.1) is 20.4 Å². The van der Waals surface area contributed by atoms with Crippen molar-refractivity contribution in [3.63, 3.8) is 0 Å². The van der Waals surface area contributed by atoms with E-state index in [4.69, 9.17) is 0 Å².